The molecule has 4 heterocycles. The van der Waals surface area contributed by atoms with Gasteiger partial charge in [0.05, 0.1) is 5.39 Å². The molecule has 0 fully saturated rings. The maximum Gasteiger partial charge on any atom is 0.184 e. The van der Waals surface area contributed by atoms with Crippen molar-refractivity contribution in [2.75, 3.05) is 20.6 Å². The normalized spacial score (nSPS) is 14.3. The molecule has 0 unspecified atom stereocenters. The van der Waals surface area contributed by atoms with Gasteiger partial charge in [-0.3, -0.25) is 0 Å². The third kappa shape index (κ3) is 3.15. The van der Waals surface area contributed by atoms with E-state index in [-0.39, 0.29) is 0 Å². The molecule has 1 aromatic carbocycles. The highest BCUT2D eigenvalue weighted by Crippen LogP contribution is 2.38. The van der Waals surface area contributed by atoms with Crippen LogP contribution in [0.15, 0.2) is 36.8 Å². The van der Waals surface area contributed by atoms with E-state index in [1.807, 2.05) is 22.2 Å². The predicted octanol–water partition coefficient (Wildman–Crippen LogP) is 4.79. The van der Waals surface area contributed by atoms with E-state index in [9.17, 15) is 0 Å². The van der Waals surface area contributed by atoms with E-state index < -0.39 is 0 Å². The van der Waals surface area contributed by atoms with Crippen LogP contribution >= 0.6 is 11.3 Å². The lowest BCUT2D eigenvalue weighted by molar-refractivity contribution is 0.388. The second kappa shape index (κ2) is 7.43. The van der Waals surface area contributed by atoms with E-state index >= 15 is 0 Å². The van der Waals surface area contributed by atoms with Crippen LogP contribution in [0, 0.1) is 0 Å². The maximum atomic E-state index is 5.06. The first-order valence-electron chi connectivity index (χ1n) is 11.1. The van der Waals surface area contributed by atoms with Crippen molar-refractivity contribution in [3.8, 4) is 11.4 Å². The van der Waals surface area contributed by atoms with Crippen LogP contribution in [0.4, 0.5) is 0 Å². The van der Waals surface area contributed by atoms with Crippen LogP contribution in [0.2, 0.25) is 0 Å². The highest BCUT2D eigenvalue weighted by molar-refractivity contribution is 7.19. The van der Waals surface area contributed by atoms with Crippen molar-refractivity contribution < 1.29 is 0 Å². The van der Waals surface area contributed by atoms with Gasteiger partial charge in [0, 0.05) is 34.1 Å². The minimum atomic E-state index is 0.785. The highest BCUT2D eigenvalue weighted by atomic mass is 32.1. The van der Waals surface area contributed by atoms with Gasteiger partial charge in [-0.15, -0.1) is 16.4 Å². The fourth-order valence-corrected chi connectivity index (χ4v) is 6.06. The number of aryl methyl sites for hydroxylation is 3. The van der Waals surface area contributed by atoms with Crippen LogP contribution in [0.3, 0.4) is 0 Å². The second-order valence-electron chi connectivity index (χ2n) is 8.75. The number of thiophene rings is 1. The van der Waals surface area contributed by atoms with Gasteiger partial charge in [-0.05, 0) is 64.4 Å². The van der Waals surface area contributed by atoms with Gasteiger partial charge in [0.1, 0.15) is 11.2 Å². The molecule has 7 heteroatoms. The number of para-hydroxylation sites is 1. The number of nitrogens with zero attached hydrogens (tertiary/aromatic N) is 6. The summed E-state index contributed by atoms with van der Waals surface area (Å²) in [5.74, 6) is 0.785. The molecule has 0 atom stereocenters. The lowest BCUT2D eigenvalue weighted by atomic mass is 9.97. The fourth-order valence-electron chi connectivity index (χ4n) is 4.84. The minimum absolute atomic E-state index is 0.785. The fraction of sp³-hybridized carbons (Fsp3) is 0.375. The van der Waals surface area contributed by atoms with E-state index in [1.165, 1.54) is 46.0 Å². The lowest BCUT2D eigenvalue weighted by Gasteiger charge is -2.10. The second-order valence-corrected chi connectivity index (χ2v) is 9.83. The Morgan fingerprint density at radius 1 is 1.13 bits per heavy atom. The van der Waals surface area contributed by atoms with E-state index in [4.69, 9.17) is 15.1 Å². The summed E-state index contributed by atoms with van der Waals surface area (Å²) in [5, 5.41) is 7.29. The lowest BCUT2D eigenvalue weighted by Crippen LogP contribution is -2.14. The topological polar surface area (TPSA) is 51.2 Å². The number of benzene rings is 1. The SMILES string of the molecule is CN(C)CCCn1cc(-c2nc3c4c5c(sc4ncn3n2)CCCC5)c2ccccc21. The first-order valence-corrected chi connectivity index (χ1v) is 11.9. The quantitative estimate of drug-likeness (QED) is 0.402. The van der Waals surface area contributed by atoms with Crippen LogP contribution in [0.1, 0.15) is 29.7 Å². The molecule has 4 aromatic heterocycles. The minimum Gasteiger partial charge on any atom is -0.347 e. The molecule has 5 aromatic rings. The summed E-state index contributed by atoms with van der Waals surface area (Å²) >= 11 is 1.84. The number of fused-ring (bicyclic) bond motifs is 6. The Kier molecular flexibility index (Phi) is 4.54. The van der Waals surface area contributed by atoms with Crippen LogP contribution in [-0.4, -0.2) is 49.7 Å². The molecule has 1 aliphatic rings. The smallest absolute Gasteiger partial charge is 0.184 e. The predicted molar refractivity (Wildman–Crippen MR) is 127 cm³/mol. The Balaban J connectivity index is 1.49. The summed E-state index contributed by atoms with van der Waals surface area (Å²) in [6.07, 6.45) is 9.99. The number of rotatable bonds is 5. The molecule has 31 heavy (non-hydrogen) atoms. The van der Waals surface area contributed by atoms with Gasteiger partial charge in [-0.25, -0.2) is 14.5 Å². The summed E-state index contributed by atoms with van der Waals surface area (Å²) < 4.78 is 4.22. The molecule has 0 amide bonds. The van der Waals surface area contributed by atoms with Crippen LogP contribution in [0.25, 0.3) is 38.2 Å². The molecule has 0 spiro atoms. The van der Waals surface area contributed by atoms with Crippen molar-refractivity contribution >= 4 is 38.1 Å². The number of hydrogen-bond acceptors (Lipinski definition) is 5. The molecule has 0 aliphatic heterocycles. The van der Waals surface area contributed by atoms with Crippen molar-refractivity contribution in [3.63, 3.8) is 0 Å². The molecule has 0 saturated carbocycles. The summed E-state index contributed by atoms with van der Waals surface area (Å²) in [7, 11) is 4.25. The third-order valence-electron chi connectivity index (χ3n) is 6.33. The molecular formula is C24H26N6S. The third-order valence-corrected chi connectivity index (χ3v) is 7.53. The highest BCUT2D eigenvalue weighted by Gasteiger charge is 2.22. The van der Waals surface area contributed by atoms with Crippen molar-refractivity contribution in [1.82, 2.24) is 29.0 Å². The summed E-state index contributed by atoms with van der Waals surface area (Å²) in [4.78, 5) is 14.6. The van der Waals surface area contributed by atoms with Crippen molar-refractivity contribution in [2.24, 2.45) is 0 Å². The first kappa shape index (κ1) is 19.0. The van der Waals surface area contributed by atoms with Crippen LogP contribution in [-0.2, 0) is 19.4 Å². The van der Waals surface area contributed by atoms with Gasteiger partial charge < -0.3 is 9.47 Å². The zero-order valence-electron chi connectivity index (χ0n) is 18.0. The summed E-state index contributed by atoms with van der Waals surface area (Å²) in [5.41, 5.74) is 4.74. The molecule has 0 saturated heterocycles. The van der Waals surface area contributed by atoms with Gasteiger partial charge >= 0.3 is 0 Å². The molecule has 6 nitrogen and oxygen atoms in total. The molecule has 0 N–H and O–H groups in total. The number of hydrogen-bond donors (Lipinski definition) is 0. The molecular weight excluding hydrogens is 404 g/mol. The number of aromatic nitrogens is 5. The van der Waals surface area contributed by atoms with E-state index in [0.29, 0.717) is 0 Å². The summed E-state index contributed by atoms with van der Waals surface area (Å²) in [6.45, 7) is 2.05. The van der Waals surface area contributed by atoms with E-state index in [0.717, 1.165) is 47.8 Å². The van der Waals surface area contributed by atoms with Crippen molar-refractivity contribution in [3.05, 3.63) is 47.2 Å². The van der Waals surface area contributed by atoms with E-state index in [2.05, 4.69) is 54.0 Å². The van der Waals surface area contributed by atoms with Gasteiger partial charge in [-0.2, -0.15) is 0 Å². The largest absolute Gasteiger partial charge is 0.347 e. The molecule has 6 rings (SSSR count). The first-order chi connectivity index (χ1) is 15.2. The van der Waals surface area contributed by atoms with Gasteiger partial charge in [0.2, 0.25) is 0 Å². The van der Waals surface area contributed by atoms with Gasteiger partial charge in [0.15, 0.2) is 11.5 Å². The monoisotopic (exact) mass is 430 g/mol. The van der Waals surface area contributed by atoms with Gasteiger partial charge in [0.25, 0.3) is 0 Å². The zero-order valence-corrected chi connectivity index (χ0v) is 18.8. The van der Waals surface area contributed by atoms with E-state index in [1.54, 1.807) is 0 Å². The standard InChI is InChI=1S/C24H26N6S/c1-28(2)12-7-13-29-14-18(16-8-3-5-10-19(16)29)22-26-23-21-17-9-4-6-11-20(17)31-24(21)25-15-30(23)27-22/h3,5,8,10,14-15H,4,6-7,9,11-13H2,1-2H3. The van der Waals surface area contributed by atoms with Crippen LogP contribution < -0.4 is 0 Å². The average molecular weight is 431 g/mol. The molecule has 0 bridgehead atoms. The molecule has 1 aliphatic carbocycles. The Morgan fingerprint density at radius 2 is 2.00 bits per heavy atom. The molecule has 0 radical (unpaired) electrons. The summed E-state index contributed by atoms with van der Waals surface area (Å²) in [6, 6.07) is 8.58. The Morgan fingerprint density at radius 3 is 2.90 bits per heavy atom. The Bertz CT molecular complexity index is 1410. The zero-order chi connectivity index (χ0) is 20.9. The van der Waals surface area contributed by atoms with Crippen LogP contribution in [0.5, 0.6) is 0 Å². The van der Waals surface area contributed by atoms with Gasteiger partial charge in [-0.1, -0.05) is 18.2 Å². The van der Waals surface area contributed by atoms with Crippen molar-refractivity contribution in [1.29, 1.82) is 0 Å². The Hall–Kier alpha value is -2.77. The Labute approximate surface area is 185 Å². The molecule has 158 valence electrons. The average Bonchev–Trinajstić information content (AvgIpc) is 3.46. The van der Waals surface area contributed by atoms with Crippen molar-refractivity contribution in [2.45, 2.75) is 38.6 Å². The maximum absolute atomic E-state index is 5.06.